The zero-order valence-electron chi connectivity index (χ0n) is 14.2. The summed E-state index contributed by atoms with van der Waals surface area (Å²) >= 11 is 0. The van der Waals surface area contributed by atoms with E-state index in [1.54, 1.807) is 62.6 Å². The number of benzene rings is 2. The number of hydrogen-bond acceptors (Lipinski definition) is 4. The van der Waals surface area contributed by atoms with Crippen LogP contribution in [0.3, 0.4) is 0 Å². The van der Waals surface area contributed by atoms with Gasteiger partial charge in [0.15, 0.2) is 12.9 Å². The van der Waals surface area contributed by atoms with Crippen LogP contribution in [0.5, 0.6) is 5.75 Å². The van der Waals surface area contributed by atoms with E-state index in [4.69, 9.17) is 4.74 Å². The normalized spacial score (nSPS) is 10.0. The number of likely N-dealkylation sites (N-methyl/N-ethyl adjacent to an activating group) is 1. The van der Waals surface area contributed by atoms with Gasteiger partial charge in [0.25, 0.3) is 11.8 Å². The molecule has 25 heavy (non-hydrogen) atoms. The van der Waals surface area contributed by atoms with Gasteiger partial charge in [-0.2, -0.15) is 0 Å². The highest BCUT2D eigenvalue weighted by molar-refractivity contribution is 5.93. The maximum Gasteiger partial charge on any atom is 0.260 e. The molecular weight excluding hydrogens is 320 g/mol. The molecular formula is C19H20N2O4. The summed E-state index contributed by atoms with van der Waals surface area (Å²) in [6, 6.07) is 13.8. The zero-order chi connectivity index (χ0) is 18.2. The number of carbonyl (C=O) groups is 3. The Bertz CT molecular complexity index is 756. The molecule has 0 atom stereocenters. The van der Waals surface area contributed by atoms with E-state index in [0.717, 1.165) is 5.56 Å². The third kappa shape index (κ3) is 4.91. The molecule has 0 aliphatic rings. The standard InChI is InChI=1S/C19H20N2O4/c1-20-19(24)15-9-7-14(8-10-15)11-21(2)18(23)13-25-17-6-4-3-5-16(17)12-22/h3-10,12H,11,13H2,1-2H3,(H,20,24). The molecule has 0 aromatic heterocycles. The number of aldehydes is 1. The first-order valence-electron chi connectivity index (χ1n) is 7.77. The Morgan fingerprint density at radius 2 is 1.80 bits per heavy atom. The largest absolute Gasteiger partial charge is 0.483 e. The molecule has 1 N–H and O–H groups in total. The number of nitrogens with one attached hydrogen (secondary N) is 1. The summed E-state index contributed by atoms with van der Waals surface area (Å²) in [7, 11) is 3.25. The Hall–Kier alpha value is -3.15. The summed E-state index contributed by atoms with van der Waals surface area (Å²) in [4.78, 5) is 36.2. The van der Waals surface area contributed by atoms with Gasteiger partial charge in [0, 0.05) is 26.2 Å². The van der Waals surface area contributed by atoms with Gasteiger partial charge in [0.2, 0.25) is 0 Å². The van der Waals surface area contributed by atoms with Crippen molar-refractivity contribution in [2.75, 3.05) is 20.7 Å². The Morgan fingerprint density at radius 3 is 2.44 bits per heavy atom. The third-order valence-electron chi connectivity index (χ3n) is 3.69. The second kappa shape index (κ2) is 8.63. The van der Waals surface area contributed by atoms with Gasteiger partial charge in [-0.1, -0.05) is 24.3 Å². The first-order chi connectivity index (χ1) is 12.0. The lowest BCUT2D eigenvalue weighted by Gasteiger charge is -2.18. The van der Waals surface area contributed by atoms with Gasteiger partial charge < -0.3 is 15.0 Å². The van der Waals surface area contributed by atoms with Crippen LogP contribution in [0, 0.1) is 0 Å². The number of carbonyl (C=O) groups excluding carboxylic acids is 3. The molecule has 0 aliphatic carbocycles. The van der Waals surface area contributed by atoms with Gasteiger partial charge in [-0.3, -0.25) is 14.4 Å². The zero-order valence-corrected chi connectivity index (χ0v) is 14.2. The minimum atomic E-state index is -0.212. The van der Waals surface area contributed by atoms with Crippen LogP contribution in [0.1, 0.15) is 26.3 Å². The molecule has 130 valence electrons. The first kappa shape index (κ1) is 18.2. The summed E-state index contributed by atoms with van der Waals surface area (Å²) in [6.07, 6.45) is 0.692. The van der Waals surface area contributed by atoms with Crippen LogP contribution in [0.25, 0.3) is 0 Å². The van der Waals surface area contributed by atoms with Crippen LogP contribution >= 0.6 is 0 Å². The van der Waals surface area contributed by atoms with E-state index in [2.05, 4.69) is 5.32 Å². The van der Waals surface area contributed by atoms with Crippen LogP contribution in [0.15, 0.2) is 48.5 Å². The smallest absolute Gasteiger partial charge is 0.260 e. The van der Waals surface area contributed by atoms with Gasteiger partial charge in [-0.25, -0.2) is 0 Å². The van der Waals surface area contributed by atoms with Crippen molar-refractivity contribution >= 4 is 18.1 Å². The highest BCUT2D eigenvalue weighted by Gasteiger charge is 2.12. The van der Waals surface area contributed by atoms with Gasteiger partial charge in [0.05, 0.1) is 5.56 Å². The van der Waals surface area contributed by atoms with E-state index in [0.29, 0.717) is 29.7 Å². The number of amides is 2. The van der Waals surface area contributed by atoms with E-state index >= 15 is 0 Å². The minimum absolute atomic E-state index is 0.154. The number of hydrogen-bond donors (Lipinski definition) is 1. The molecule has 0 saturated carbocycles. The molecule has 0 unspecified atom stereocenters. The molecule has 0 saturated heterocycles. The van der Waals surface area contributed by atoms with Crippen LogP contribution in [-0.4, -0.2) is 43.7 Å². The molecule has 2 aromatic rings. The van der Waals surface area contributed by atoms with Gasteiger partial charge in [-0.15, -0.1) is 0 Å². The second-order valence-electron chi connectivity index (χ2n) is 5.47. The molecule has 2 amide bonds. The number of nitrogens with zero attached hydrogens (tertiary/aromatic N) is 1. The van der Waals surface area contributed by atoms with Crippen molar-refractivity contribution in [3.63, 3.8) is 0 Å². The molecule has 0 bridgehead atoms. The topological polar surface area (TPSA) is 75.7 Å². The Balaban J connectivity index is 1.91. The van der Waals surface area contributed by atoms with Gasteiger partial charge >= 0.3 is 0 Å². The predicted octanol–water partition coefficient (Wildman–Crippen LogP) is 1.90. The Kier molecular flexibility index (Phi) is 6.28. The highest BCUT2D eigenvalue weighted by atomic mass is 16.5. The monoisotopic (exact) mass is 340 g/mol. The van der Waals surface area contributed by atoms with Crippen molar-refractivity contribution in [1.82, 2.24) is 10.2 Å². The lowest BCUT2D eigenvalue weighted by Crippen LogP contribution is -2.31. The van der Waals surface area contributed by atoms with Crippen molar-refractivity contribution in [3.8, 4) is 5.75 Å². The highest BCUT2D eigenvalue weighted by Crippen LogP contribution is 2.15. The van der Waals surface area contributed by atoms with E-state index in [1.807, 2.05) is 0 Å². The number of ether oxygens (including phenoxy) is 1. The Morgan fingerprint density at radius 1 is 1.12 bits per heavy atom. The van der Waals surface area contributed by atoms with Gasteiger partial charge in [0.1, 0.15) is 5.75 Å². The average Bonchev–Trinajstić information content (AvgIpc) is 2.66. The second-order valence-corrected chi connectivity index (χ2v) is 5.47. The number of para-hydroxylation sites is 1. The molecule has 0 radical (unpaired) electrons. The van der Waals surface area contributed by atoms with Crippen molar-refractivity contribution in [1.29, 1.82) is 0 Å². The molecule has 6 nitrogen and oxygen atoms in total. The summed E-state index contributed by atoms with van der Waals surface area (Å²) in [5.41, 5.74) is 1.87. The Labute approximate surface area is 146 Å². The van der Waals surface area contributed by atoms with Crippen molar-refractivity contribution in [2.45, 2.75) is 6.54 Å². The fourth-order valence-electron chi connectivity index (χ4n) is 2.23. The van der Waals surface area contributed by atoms with Crippen molar-refractivity contribution < 1.29 is 19.1 Å². The maximum atomic E-state index is 12.2. The number of rotatable bonds is 7. The molecule has 2 rings (SSSR count). The minimum Gasteiger partial charge on any atom is -0.483 e. The van der Waals surface area contributed by atoms with E-state index in [1.165, 1.54) is 4.90 Å². The van der Waals surface area contributed by atoms with Crippen LogP contribution in [0.2, 0.25) is 0 Å². The predicted molar refractivity (Wildman–Crippen MR) is 93.6 cm³/mol. The lowest BCUT2D eigenvalue weighted by molar-refractivity contribution is -0.132. The molecule has 6 heteroatoms. The molecule has 2 aromatic carbocycles. The fraction of sp³-hybridized carbons (Fsp3) is 0.211. The molecule has 0 aliphatic heterocycles. The fourth-order valence-corrected chi connectivity index (χ4v) is 2.23. The lowest BCUT2D eigenvalue weighted by atomic mass is 10.1. The van der Waals surface area contributed by atoms with Crippen LogP contribution in [-0.2, 0) is 11.3 Å². The summed E-state index contributed by atoms with van der Waals surface area (Å²) in [5, 5.41) is 2.56. The van der Waals surface area contributed by atoms with E-state index in [9.17, 15) is 14.4 Å². The van der Waals surface area contributed by atoms with Crippen molar-refractivity contribution in [2.24, 2.45) is 0 Å². The van der Waals surface area contributed by atoms with Crippen LogP contribution < -0.4 is 10.1 Å². The van der Waals surface area contributed by atoms with Crippen molar-refractivity contribution in [3.05, 3.63) is 65.2 Å². The first-order valence-corrected chi connectivity index (χ1v) is 7.77. The quantitative estimate of drug-likeness (QED) is 0.781. The van der Waals surface area contributed by atoms with Crippen LogP contribution in [0.4, 0.5) is 0 Å². The summed E-state index contributed by atoms with van der Waals surface area (Å²) < 4.78 is 5.44. The molecule has 0 fully saturated rings. The van der Waals surface area contributed by atoms with E-state index < -0.39 is 0 Å². The summed E-state index contributed by atoms with van der Waals surface area (Å²) in [6.45, 7) is 0.239. The van der Waals surface area contributed by atoms with E-state index in [-0.39, 0.29) is 18.4 Å². The molecule has 0 spiro atoms. The molecule has 0 heterocycles. The SMILES string of the molecule is CNC(=O)c1ccc(CN(C)C(=O)COc2ccccc2C=O)cc1. The van der Waals surface area contributed by atoms with Gasteiger partial charge in [-0.05, 0) is 29.8 Å². The summed E-state index contributed by atoms with van der Waals surface area (Å²) in [5.74, 6) is 0.0171. The maximum absolute atomic E-state index is 12.2. The third-order valence-corrected chi connectivity index (χ3v) is 3.69. The average molecular weight is 340 g/mol.